The number of halogens is 2. The summed E-state index contributed by atoms with van der Waals surface area (Å²) in [5.74, 6) is 0.806. The molecule has 2 aliphatic rings. The van der Waals surface area contributed by atoms with Gasteiger partial charge in [0, 0.05) is 27.6 Å². The Labute approximate surface area is 131 Å². The van der Waals surface area contributed by atoms with Gasteiger partial charge in [-0.15, -0.1) is 0 Å². The van der Waals surface area contributed by atoms with E-state index < -0.39 is 0 Å². The maximum absolute atomic E-state index is 5.89. The molecule has 3 unspecified atom stereocenters. The van der Waals surface area contributed by atoms with Gasteiger partial charge in [0.05, 0.1) is 6.10 Å². The molecule has 1 aromatic carbocycles. The molecule has 3 atom stereocenters. The molecule has 1 N–H and O–H groups in total. The maximum atomic E-state index is 5.89. The summed E-state index contributed by atoms with van der Waals surface area (Å²) in [6.07, 6.45) is 4.27. The van der Waals surface area contributed by atoms with E-state index >= 15 is 0 Å². The quantitative estimate of drug-likeness (QED) is 0.823. The molecule has 0 radical (unpaired) electrons. The monoisotopic (exact) mass is 387 g/mol. The average Bonchev–Trinajstić information content (AvgIpc) is 3.10. The molecule has 0 bridgehead atoms. The highest BCUT2D eigenvalue weighted by molar-refractivity contribution is 9.11. The van der Waals surface area contributed by atoms with Crippen molar-refractivity contribution in [3.05, 3.63) is 32.7 Å². The minimum absolute atomic E-state index is 0.343. The van der Waals surface area contributed by atoms with E-state index in [9.17, 15) is 0 Å². The lowest BCUT2D eigenvalue weighted by molar-refractivity contribution is 0.0792. The molecule has 1 heterocycles. The SMILES string of the molecule is CC(NC1CCOC1C1CC1)c1ccc(Br)cc1Br. The molecule has 0 spiro atoms. The molecule has 4 heteroatoms. The molecule has 1 aliphatic heterocycles. The first-order valence-corrected chi connectivity index (χ1v) is 8.56. The van der Waals surface area contributed by atoms with Crippen LogP contribution in [-0.2, 0) is 4.74 Å². The minimum atomic E-state index is 0.343. The Morgan fingerprint density at radius 2 is 2.05 bits per heavy atom. The fourth-order valence-electron chi connectivity index (χ4n) is 2.94. The number of hydrogen-bond donors (Lipinski definition) is 1. The van der Waals surface area contributed by atoms with Crippen molar-refractivity contribution in [2.45, 2.75) is 44.4 Å². The summed E-state index contributed by atoms with van der Waals surface area (Å²) in [4.78, 5) is 0. The second-order valence-electron chi connectivity index (χ2n) is 5.62. The third kappa shape index (κ3) is 3.23. The molecule has 0 amide bonds. The number of ether oxygens (including phenoxy) is 1. The first-order chi connectivity index (χ1) is 9.15. The van der Waals surface area contributed by atoms with Crippen molar-refractivity contribution in [2.24, 2.45) is 5.92 Å². The number of hydrogen-bond acceptors (Lipinski definition) is 2. The highest BCUT2D eigenvalue weighted by atomic mass is 79.9. The van der Waals surface area contributed by atoms with Crippen LogP contribution in [0.5, 0.6) is 0 Å². The summed E-state index contributed by atoms with van der Waals surface area (Å²) in [6, 6.07) is 7.24. The third-order valence-electron chi connectivity index (χ3n) is 4.12. The molecule has 0 aromatic heterocycles. The molecule has 2 fully saturated rings. The molecule has 3 rings (SSSR count). The van der Waals surface area contributed by atoms with Gasteiger partial charge in [0.15, 0.2) is 0 Å². The van der Waals surface area contributed by atoms with Crippen LogP contribution >= 0.6 is 31.9 Å². The van der Waals surface area contributed by atoms with Crippen LogP contribution in [0.1, 0.15) is 37.8 Å². The van der Waals surface area contributed by atoms with Crippen LogP contribution in [0.15, 0.2) is 27.1 Å². The number of benzene rings is 1. The molecule has 19 heavy (non-hydrogen) atoms. The topological polar surface area (TPSA) is 21.3 Å². The Hall–Kier alpha value is 0.1000. The Morgan fingerprint density at radius 3 is 2.74 bits per heavy atom. The van der Waals surface area contributed by atoms with Crippen LogP contribution in [0.25, 0.3) is 0 Å². The molecule has 1 saturated heterocycles. The van der Waals surface area contributed by atoms with Gasteiger partial charge in [-0.2, -0.15) is 0 Å². The fourth-order valence-corrected chi connectivity index (χ4v) is 4.33. The minimum Gasteiger partial charge on any atom is -0.376 e. The van der Waals surface area contributed by atoms with Crippen molar-refractivity contribution in [2.75, 3.05) is 6.61 Å². The van der Waals surface area contributed by atoms with E-state index in [-0.39, 0.29) is 0 Å². The highest BCUT2D eigenvalue weighted by Crippen LogP contribution is 2.39. The molecule has 104 valence electrons. The Morgan fingerprint density at radius 1 is 1.26 bits per heavy atom. The average molecular weight is 389 g/mol. The zero-order valence-corrected chi connectivity index (χ0v) is 14.2. The van der Waals surface area contributed by atoms with Crippen molar-refractivity contribution < 1.29 is 4.74 Å². The van der Waals surface area contributed by atoms with Crippen LogP contribution in [0.3, 0.4) is 0 Å². The summed E-state index contributed by atoms with van der Waals surface area (Å²) < 4.78 is 8.16. The number of rotatable bonds is 4. The first kappa shape index (κ1) is 14.1. The highest BCUT2D eigenvalue weighted by Gasteiger charge is 2.40. The second-order valence-corrected chi connectivity index (χ2v) is 7.39. The van der Waals surface area contributed by atoms with Gasteiger partial charge < -0.3 is 10.1 Å². The normalized spacial score (nSPS) is 28.6. The lowest BCUT2D eigenvalue weighted by Gasteiger charge is -2.25. The van der Waals surface area contributed by atoms with E-state index in [1.54, 1.807) is 0 Å². The van der Waals surface area contributed by atoms with Crippen molar-refractivity contribution >= 4 is 31.9 Å². The maximum Gasteiger partial charge on any atom is 0.0757 e. The van der Waals surface area contributed by atoms with Gasteiger partial charge in [-0.25, -0.2) is 0 Å². The van der Waals surface area contributed by atoms with E-state index in [0.29, 0.717) is 18.2 Å². The van der Waals surface area contributed by atoms with E-state index in [0.717, 1.165) is 27.9 Å². The first-order valence-electron chi connectivity index (χ1n) is 6.98. The summed E-state index contributed by atoms with van der Waals surface area (Å²) >= 11 is 7.15. The van der Waals surface area contributed by atoms with E-state index in [1.807, 2.05) is 0 Å². The van der Waals surface area contributed by atoms with Gasteiger partial charge in [-0.05, 0) is 49.8 Å². The smallest absolute Gasteiger partial charge is 0.0757 e. The van der Waals surface area contributed by atoms with Crippen molar-refractivity contribution in [3.63, 3.8) is 0 Å². The zero-order valence-electron chi connectivity index (χ0n) is 11.0. The van der Waals surface area contributed by atoms with Gasteiger partial charge in [0.1, 0.15) is 0 Å². The van der Waals surface area contributed by atoms with Gasteiger partial charge in [0.25, 0.3) is 0 Å². The van der Waals surface area contributed by atoms with Gasteiger partial charge >= 0.3 is 0 Å². The number of nitrogens with one attached hydrogen (secondary N) is 1. The van der Waals surface area contributed by atoms with E-state index in [1.165, 1.54) is 18.4 Å². The standard InChI is InChI=1S/C15H19Br2NO/c1-9(12-5-4-11(16)8-13(12)17)18-14-6-7-19-15(14)10-2-3-10/h4-5,8-10,14-15,18H,2-3,6-7H2,1H3. The largest absolute Gasteiger partial charge is 0.376 e. The summed E-state index contributed by atoms with van der Waals surface area (Å²) in [5, 5.41) is 3.76. The van der Waals surface area contributed by atoms with E-state index in [4.69, 9.17) is 4.74 Å². The zero-order chi connectivity index (χ0) is 13.4. The molecule has 1 saturated carbocycles. The lowest BCUT2D eigenvalue weighted by atomic mass is 10.0. The molecule has 2 nitrogen and oxygen atoms in total. The van der Waals surface area contributed by atoms with Crippen LogP contribution in [0, 0.1) is 5.92 Å². The predicted molar refractivity (Wildman–Crippen MR) is 84.3 cm³/mol. The summed E-state index contributed by atoms with van der Waals surface area (Å²) in [7, 11) is 0. The van der Waals surface area contributed by atoms with Crippen LogP contribution < -0.4 is 5.32 Å². The van der Waals surface area contributed by atoms with Gasteiger partial charge in [-0.1, -0.05) is 37.9 Å². The Kier molecular flexibility index (Phi) is 4.32. The third-order valence-corrected chi connectivity index (χ3v) is 5.30. The fraction of sp³-hybridized carbons (Fsp3) is 0.600. The molecule has 1 aliphatic carbocycles. The Balaban J connectivity index is 1.68. The molecular weight excluding hydrogens is 370 g/mol. The predicted octanol–water partition coefficient (Wildman–Crippen LogP) is 4.43. The van der Waals surface area contributed by atoms with Crippen molar-refractivity contribution in [1.82, 2.24) is 5.32 Å². The van der Waals surface area contributed by atoms with Gasteiger partial charge in [-0.3, -0.25) is 0 Å². The van der Waals surface area contributed by atoms with Crippen LogP contribution in [0.2, 0.25) is 0 Å². The molecule has 1 aromatic rings. The second kappa shape index (κ2) is 5.84. The molecular formula is C15H19Br2NO. The summed E-state index contributed by atoms with van der Waals surface area (Å²) in [5.41, 5.74) is 1.31. The Bertz CT molecular complexity index is 461. The van der Waals surface area contributed by atoms with Crippen molar-refractivity contribution in [1.29, 1.82) is 0 Å². The van der Waals surface area contributed by atoms with Crippen LogP contribution in [0.4, 0.5) is 0 Å². The van der Waals surface area contributed by atoms with Gasteiger partial charge in [0.2, 0.25) is 0 Å². The summed E-state index contributed by atoms with van der Waals surface area (Å²) in [6.45, 7) is 3.14. The van der Waals surface area contributed by atoms with Crippen molar-refractivity contribution in [3.8, 4) is 0 Å². The van der Waals surface area contributed by atoms with Crippen LogP contribution in [-0.4, -0.2) is 18.8 Å². The lowest BCUT2D eigenvalue weighted by Crippen LogP contribution is -2.39. The van der Waals surface area contributed by atoms with E-state index in [2.05, 4.69) is 62.3 Å².